The highest BCUT2D eigenvalue weighted by Crippen LogP contribution is 2.45. The molecule has 0 amide bonds. The van der Waals surface area contributed by atoms with E-state index in [0.29, 0.717) is 35.3 Å². The van der Waals surface area contributed by atoms with E-state index in [9.17, 15) is 8.78 Å². The van der Waals surface area contributed by atoms with Crippen LogP contribution in [0.3, 0.4) is 0 Å². The van der Waals surface area contributed by atoms with Crippen molar-refractivity contribution in [3.63, 3.8) is 0 Å². The summed E-state index contributed by atoms with van der Waals surface area (Å²) < 4.78 is 40.5. The predicted molar refractivity (Wildman–Crippen MR) is 136 cm³/mol. The van der Waals surface area contributed by atoms with E-state index in [2.05, 4.69) is 27.7 Å². The van der Waals surface area contributed by atoms with E-state index in [-0.39, 0.29) is 29.4 Å². The fraction of sp³-hybridized carbons (Fsp3) is 0.433. The number of ether oxygens (including phenoxy) is 2. The minimum atomic E-state index is -0.371. The Morgan fingerprint density at radius 1 is 0.971 bits per heavy atom. The van der Waals surface area contributed by atoms with Gasteiger partial charge < -0.3 is 9.47 Å². The molecule has 1 fully saturated rings. The molecule has 1 aromatic heterocycles. The van der Waals surface area contributed by atoms with Crippen molar-refractivity contribution in [1.29, 1.82) is 0 Å². The van der Waals surface area contributed by atoms with Crippen LogP contribution in [-0.2, 0) is 13.0 Å². The Hall–Kier alpha value is -2.95. The van der Waals surface area contributed by atoms with Crippen molar-refractivity contribution in [2.45, 2.75) is 65.9 Å². The van der Waals surface area contributed by atoms with E-state index in [1.165, 1.54) is 25.0 Å². The lowest BCUT2D eigenvalue weighted by Gasteiger charge is -2.21. The smallest absolute Gasteiger partial charge is 0.165 e. The largest absolute Gasteiger partial charge is 0.497 e. The first kappa shape index (κ1) is 25.2. The third-order valence-electron chi connectivity index (χ3n) is 6.58. The van der Waals surface area contributed by atoms with Crippen molar-refractivity contribution in [3.8, 4) is 22.6 Å². The number of pyridine rings is 1. The van der Waals surface area contributed by atoms with Gasteiger partial charge in [-0.2, -0.15) is 0 Å². The molecule has 186 valence electrons. The van der Waals surface area contributed by atoms with Crippen LogP contribution in [0.4, 0.5) is 8.78 Å². The van der Waals surface area contributed by atoms with Crippen molar-refractivity contribution in [1.82, 2.24) is 4.98 Å². The molecular weight excluding hydrogens is 444 g/mol. The number of nitrogens with zero attached hydrogens (tertiary/aromatic N) is 1. The Morgan fingerprint density at radius 2 is 1.71 bits per heavy atom. The van der Waals surface area contributed by atoms with Gasteiger partial charge in [-0.15, -0.1) is 0 Å². The second kappa shape index (κ2) is 10.3. The highest BCUT2D eigenvalue weighted by atomic mass is 19.1. The van der Waals surface area contributed by atoms with E-state index in [0.717, 1.165) is 23.2 Å². The summed E-state index contributed by atoms with van der Waals surface area (Å²) >= 11 is 0. The van der Waals surface area contributed by atoms with Crippen LogP contribution in [0.2, 0.25) is 0 Å². The fourth-order valence-corrected chi connectivity index (χ4v) is 4.70. The number of rotatable bonds is 9. The second-order valence-electron chi connectivity index (χ2n) is 10.7. The summed E-state index contributed by atoms with van der Waals surface area (Å²) in [5.41, 5.74) is 3.71. The Labute approximate surface area is 207 Å². The summed E-state index contributed by atoms with van der Waals surface area (Å²) in [4.78, 5) is 4.83. The first-order chi connectivity index (χ1) is 16.7. The van der Waals surface area contributed by atoms with Crippen molar-refractivity contribution < 1.29 is 18.3 Å². The monoisotopic (exact) mass is 479 g/mol. The third kappa shape index (κ3) is 6.19. The zero-order valence-electron chi connectivity index (χ0n) is 21.3. The molecule has 3 nitrogen and oxygen atoms in total. The number of hydrogen-bond donors (Lipinski definition) is 0. The van der Waals surface area contributed by atoms with E-state index >= 15 is 0 Å². The van der Waals surface area contributed by atoms with E-state index in [1.807, 2.05) is 24.3 Å². The quantitative estimate of drug-likeness (QED) is 0.311. The number of methoxy groups -OCH3 is 1. The maximum Gasteiger partial charge on any atom is 0.165 e. The Balaban J connectivity index is 1.61. The molecule has 1 aliphatic rings. The van der Waals surface area contributed by atoms with Crippen LogP contribution in [0.5, 0.6) is 11.5 Å². The van der Waals surface area contributed by atoms with E-state index < -0.39 is 0 Å². The van der Waals surface area contributed by atoms with Crippen LogP contribution < -0.4 is 9.47 Å². The average molecular weight is 480 g/mol. The van der Waals surface area contributed by atoms with Gasteiger partial charge in [0.1, 0.15) is 18.2 Å². The van der Waals surface area contributed by atoms with Gasteiger partial charge in [-0.25, -0.2) is 8.78 Å². The standard InChI is InChI=1S/C30H35F2NO2/c1-6-23(19-7-8-19)20-9-13-27(32)29(15-20)35-18-21-10-12-24(28(33-21)17-30(2,3)4)25-16-22(34-5)11-14-26(25)31/h9-16,19,23H,6-8,17-18H2,1-5H3. The molecule has 0 bridgehead atoms. The molecule has 0 aliphatic heterocycles. The van der Waals surface area contributed by atoms with Crippen molar-refractivity contribution in [2.24, 2.45) is 11.3 Å². The van der Waals surface area contributed by atoms with Gasteiger partial charge in [0.05, 0.1) is 12.8 Å². The lowest BCUT2D eigenvalue weighted by atomic mass is 9.87. The van der Waals surface area contributed by atoms with Gasteiger partial charge in [0.15, 0.2) is 11.6 Å². The molecule has 0 radical (unpaired) electrons. The van der Waals surface area contributed by atoms with E-state index in [4.69, 9.17) is 14.5 Å². The summed E-state index contributed by atoms with van der Waals surface area (Å²) in [5.74, 6) is 1.29. The summed E-state index contributed by atoms with van der Waals surface area (Å²) in [6, 6.07) is 13.6. The number of halogens is 2. The van der Waals surface area contributed by atoms with Crippen LogP contribution in [0, 0.1) is 23.0 Å². The second-order valence-corrected chi connectivity index (χ2v) is 10.7. The van der Waals surface area contributed by atoms with Crippen LogP contribution >= 0.6 is 0 Å². The molecule has 1 aliphatic carbocycles. The molecule has 2 aromatic carbocycles. The summed E-state index contributed by atoms with van der Waals surface area (Å²) in [7, 11) is 1.56. The Kier molecular flexibility index (Phi) is 7.44. The van der Waals surface area contributed by atoms with E-state index in [1.54, 1.807) is 19.2 Å². The molecule has 3 aromatic rings. The Bertz CT molecular complexity index is 1180. The summed E-state index contributed by atoms with van der Waals surface area (Å²) in [6.07, 6.45) is 4.17. The maximum atomic E-state index is 14.8. The highest BCUT2D eigenvalue weighted by Gasteiger charge is 2.31. The average Bonchev–Trinajstić information content (AvgIpc) is 3.65. The minimum absolute atomic E-state index is 0.0605. The van der Waals surface area contributed by atoms with Crippen LogP contribution in [0.25, 0.3) is 11.1 Å². The molecule has 35 heavy (non-hydrogen) atoms. The van der Waals surface area contributed by atoms with Crippen LogP contribution in [0.1, 0.15) is 69.8 Å². The zero-order valence-corrected chi connectivity index (χ0v) is 21.3. The molecule has 1 saturated carbocycles. The number of benzene rings is 2. The van der Waals surface area contributed by atoms with Gasteiger partial charge in [0.25, 0.3) is 0 Å². The van der Waals surface area contributed by atoms with Crippen molar-refractivity contribution >= 4 is 0 Å². The molecule has 4 rings (SSSR count). The normalized spacial score (nSPS) is 14.6. The summed E-state index contributed by atoms with van der Waals surface area (Å²) in [5, 5.41) is 0. The van der Waals surface area contributed by atoms with Gasteiger partial charge in [0.2, 0.25) is 0 Å². The first-order valence-corrected chi connectivity index (χ1v) is 12.4. The molecular formula is C30H35F2NO2. The molecule has 1 atom stereocenters. The topological polar surface area (TPSA) is 31.4 Å². The van der Waals surface area contributed by atoms with Crippen LogP contribution in [0.15, 0.2) is 48.5 Å². The lowest BCUT2D eigenvalue weighted by Crippen LogP contribution is -2.13. The SMILES string of the molecule is CCC(c1ccc(F)c(OCc2ccc(-c3cc(OC)ccc3F)c(CC(C)(C)C)n2)c1)C1CC1. The highest BCUT2D eigenvalue weighted by molar-refractivity contribution is 5.68. The Morgan fingerprint density at radius 3 is 2.37 bits per heavy atom. The van der Waals surface area contributed by atoms with Gasteiger partial charge >= 0.3 is 0 Å². The van der Waals surface area contributed by atoms with Gasteiger partial charge in [-0.05, 0) is 84.9 Å². The van der Waals surface area contributed by atoms with Gasteiger partial charge in [-0.1, -0.05) is 39.8 Å². The molecule has 1 unspecified atom stereocenters. The molecule has 0 spiro atoms. The summed E-state index contributed by atoms with van der Waals surface area (Å²) in [6.45, 7) is 8.68. The molecule has 0 saturated heterocycles. The number of hydrogen-bond acceptors (Lipinski definition) is 3. The van der Waals surface area contributed by atoms with Gasteiger partial charge in [0, 0.05) is 16.8 Å². The molecule has 1 heterocycles. The zero-order chi connectivity index (χ0) is 25.2. The van der Waals surface area contributed by atoms with Gasteiger partial charge in [-0.3, -0.25) is 4.98 Å². The fourth-order valence-electron chi connectivity index (χ4n) is 4.70. The first-order valence-electron chi connectivity index (χ1n) is 12.4. The molecule has 5 heteroatoms. The van der Waals surface area contributed by atoms with Crippen molar-refractivity contribution in [2.75, 3.05) is 7.11 Å². The maximum absolute atomic E-state index is 14.8. The minimum Gasteiger partial charge on any atom is -0.497 e. The number of aromatic nitrogens is 1. The predicted octanol–water partition coefficient (Wildman–Crippen LogP) is 8.11. The third-order valence-corrected chi connectivity index (χ3v) is 6.58. The molecule has 0 N–H and O–H groups in total. The van der Waals surface area contributed by atoms with Crippen molar-refractivity contribution in [3.05, 3.63) is 77.1 Å². The lowest BCUT2D eigenvalue weighted by molar-refractivity contribution is 0.284. The van der Waals surface area contributed by atoms with Crippen LogP contribution in [-0.4, -0.2) is 12.1 Å².